The topological polar surface area (TPSA) is 121 Å². The number of ketones is 1. The number of benzene rings is 2. The second kappa shape index (κ2) is 8.97. The zero-order valence-corrected chi connectivity index (χ0v) is 17.5. The van der Waals surface area contributed by atoms with E-state index in [1.54, 1.807) is 18.2 Å². The maximum absolute atomic E-state index is 12.6. The molecular weight excluding hydrogens is 408 g/mol. The van der Waals surface area contributed by atoms with Gasteiger partial charge in [0.05, 0.1) is 24.5 Å². The number of carbonyl (C=O) groups excluding carboxylic acids is 2. The summed E-state index contributed by atoms with van der Waals surface area (Å²) in [5.74, 6) is -1.09. The summed E-state index contributed by atoms with van der Waals surface area (Å²) in [5.41, 5.74) is 4.37. The maximum atomic E-state index is 12.6. The molecule has 8 heteroatoms. The molecule has 32 heavy (non-hydrogen) atoms. The van der Waals surface area contributed by atoms with Gasteiger partial charge in [-0.1, -0.05) is 24.3 Å². The van der Waals surface area contributed by atoms with Crippen molar-refractivity contribution in [1.29, 1.82) is 0 Å². The van der Waals surface area contributed by atoms with Crippen molar-refractivity contribution in [2.75, 3.05) is 10.6 Å². The van der Waals surface area contributed by atoms with Crippen LogP contribution in [-0.4, -0.2) is 32.9 Å². The van der Waals surface area contributed by atoms with Crippen molar-refractivity contribution in [2.24, 2.45) is 5.92 Å². The number of fused-ring (bicyclic) bond motifs is 1. The number of hydrogen-bond acceptors (Lipinski definition) is 5. The van der Waals surface area contributed by atoms with E-state index >= 15 is 0 Å². The van der Waals surface area contributed by atoms with Gasteiger partial charge in [0.15, 0.2) is 11.6 Å². The Labute approximate surface area is 184 Å². The van der Waals surface area contributed by atoms with Crippen molar-refractivity contribution in [2.45, 2.75) is 26.2 Å². The summed E-state index contributed by atoms with van der Waals surface area (Å²) in [6.45, 7) is 1.95. The number of anilines is 2. The quantitative estimate of drug-likeness (QED) is 0.554. The first-order valence-electron chi connectivity index (χ1n) is 10.2. The number of nitrogens with zero attached hydrogens (tertiary/aromatic N) is 2. The summed E-state index contributed by atoms with van der Waals surface area (Å²) in [6.07, 6.45) is 4.04. The van der Waals surface area contributed by atoms with Crippen LogP contribution in [0.3, 0.4) is 0 Å². The highest BCUT2D eigenvalue weighted by molar-refractivity contribution is 6.02. The molecule has 1 atom stereocenters. The lowest BCUT2D eigenvalue weighted by atomic mass is 9.80. The van der Waals surface area contributed by atoms with Crippen LogP contribution in [0, 0.1) is 12.8 Å². The number of rotatable bonds is 5. The predicted molar refractivity (Wildman–Crippen MR) is 120 cm³/mol. The zero-order chi connectivity index (χ0) is 22.7. The first-order chi connectivity index (χ1) is 15.4. The maximum Gasteiger partial charge on any atom is 0.323 e. The Kier molecular flexibility index (Phi) is 5.93. The average molecular weight is 430 g/mol. The van der Waals surface area contributed by atoms with E-state index < -0.39 is 17.9 Å². The molecule has 3 aromatic rings. The highest BCUT2D eigenvalue weighted by atomic mass is 16.4. The molecule has 1 aliphatic carbocycles. The van der Waals surface area contributed by atoms with Gasteiger partial charge in [-0.05, 0) is 49.1 Å². The van der Waals surface area contributed by atoms with Gasteiger partial charge in [0, 0.05) is 22.7 Å². The lowest BCUT2D eigenvalue weighted by Gasteiger charge is -2.22. The number of aryl methyl sites for hydroxylation is 2. The summed E-state index contributed by atoms with van der Waals surface area (Å²) in [5, 5.41) is 14.4. The zero-order valence-electron chi connectivity index (χ0n) is 17.5. The smallest absolute Gasteiger partial charge is 0.323 e. The standard InChI is InChI=1S/C24H22N4O4/c1-14-3-2-4-18(9-14)27-24(32)28-19-12-25-23(26-13-19)17-7-8-20-15(10-17)5-6-16(22(20)31)11-21(29)30/h2-4,7-10,12-13,16H,5-6,11H2,1H3,(H,29,30)(H2,27,28,32). The minimum Gasteiger partial charge on any atom is -0.481 e. The molecule has 162 valence electrons. The minimum absolute atomic E-state index is 0.125. The van der Waals surface area contributed by atoms with Crippen molar-refractivity contribution in [3.63, 3.8) is 0 Å². The van der Waals surface area contributed by atoms with Crippen LogP contribution in [0.4, 0.5) is 16.2 Å². The Hall–Kier alpha value is -4.07. The number of aromatic nitrogens is 2. The molecule has 0 bridgehead atoms. The Morgan fingerprint density at radius 2 is 1.81 bits per heavy atom. The molecular formula is C24H22N4O4. The van der Waals surface area contributed by atoms with Crippen LogP contribution in [0.15, 0.2) is 54.9 Å². The van der Waals surface area contributed by atoms with Gasteiger partial charge < -0.3 is 15.7 Å². The molecule has 1 unspecified atom stereocenters. The summed E-state index contributed by atoms with van der Waals surface area (Å²) < 4.78 is 0. The van der Waals surface area contributed by atoms with E-state index in [2.05, 4.69) is 20.6 Å². The number of amides is 2. The minimum atomic E-state index is -0.960. The van der Waals surface area contributed by atoms with Crippen molar-refractivity contribution in [1.82, 2.24) is 9.97 Å². The first-order valence-corrected chi connectivity index (χ1v) is 10.2. The first kappa shape index (κ1) is 21.2. The number of carboxylic acids is 1. The molecule has 1 aromatic heterocycles. The molecule has 4 rings (SSSR count). The van der Waals surface area contributed by atoms with Crippen molar-refractivity contribution in [3.8, 4) is 11.4 Å². The number of hydrogen-bond donors (Lipinski definition) is 3. The highest BCUT2D eigenvalue weighted by Crippen LogP contribution is 2.30. The molecule has 1 aliphatic rings. The lowest BCUT2D eigenvalue weighted by Crippen LogP contribution is -2.25. The SMILES string of the molecule is Cc1cccc(NC(=O)Nc2cnc(-c3ccc4c(c3)CCC(CC(=O)O)C4=O)nc2)c1. The lowest BCUT2D eigenvalue weighted by molar-refractivity contribution is -0.137. The van der Waals surface area contributed by atoms with Gasteiger partial charge in [0.2, 0.25) is 0 Å². The van der Waals surface area contributed by atoms with E-state index in [1.807, 2.05) is 31.2 Å². The Morgan fingerprint density at radius 3 is 2.53 bits per heavy atom. The van der Waals surface area contributed by atoms with Gasteiger partial charge in [0.1, 0.15) is 0 Å². The van der Waals surface area contributed by atoms with Crippen molar-refractivity contribution >= 4 is 29.2 Å². The van der Waals surface area contributed by atoms with Gasteiger partial charge in [-0.25, -0.2) is 14.8 Å². The average Bonchev–Trinajstić information content (AvgIpc) is 2.76. The summed E-state index contributed by atoms with van der Waals surface area (Å²) in [6, 6.07) is 12.4. The largest absolute Gasteiger partial charge is 0.481 e. The fourth-order valence-electron chi connectivity index (χ4n) is 3.82. The molecule has 3 N–H and O–H groups in total. The van der Waals surface area contributed by atoms with E-state index in [9.17, 15) is 14.4 Å². The molecule has 8 nitrogen and oxygen atoms in total. The van der Waals surface area contributed by atoms with E-state index in [0.29, 0.717) is 35.6 Å². The number of aliphatic carboxylic acids is 1. The molecule has 2 aromatic carbocycles. The van der Waals surface area contributed by atoms with E-state index in [1.165, 1.54) is 12.4 Å². The van der Waals surface area contributed by atoms with E-state index in [-0.39, 0.29) is 12.2 Å². The normalized spacial score (nSPS) is 15.0. The molecule has 0 aliphatic heterocycles. The molecule has 0 fully saturated rings. The third-order valence-electron chi connectivity index (χ3n) is 5.37. The molecule has 0 spiro atoms. The van der Waals surface area contributed by atoms with Crippen molar-refractivity contribution in [3.05, 3.63) is 71.5 Å². The van der Waals surface area contributed by atoms with E-state index in [0.717, 1.165) is 16.7 Å². The van der Waals surface area contributed by atoms with Gasteiger partial charge in [-0.2, -0.15) is 0 Å². The molecule has 0 radical (unpaired) electrons. The predicted octanol–water partition coefficient (Wildman–Crippen LogP) is 4.32. The van der Waals surface area contributed by atoms with Crippen LogP contribution in [0.5, 0.6) is 0 Å². The Balaban J connectivity index is 1.44. The fraction of sp³-hybridized carbons (Fsp3) is 0.208. The monoisotopic (exact) mass is 430 g/mol. The van der Waals surface area contributed by atoms with Crippen LogP contribution in [0.2, 0.25) is 0 Å². The molecule has 0 saturated heterocycles. The number of carbonyl (C=O) groups is 3. The second-order valence-electron chi connectivity index (χ2n) is 7.81. The number of urea groups is 1. The van der Waals surface area contributed by atoms with Gasteiger partial charge in [-0.15, -0.1) is 0 Å². The molecule has 0 saturated carbocycles. The van der Waals surface area contributed by atoms with Gasteiger partial charge in [0.25, 0.3) is 0 Å². The number of Topliss-reactive ketones (excluding diaryl/α,β-unsaturated/α-hetero) is 1. The third kappa shape index (κ3) is 4.80. The number of carboxylic acid groups (broad SMARTS) is 1. The van der Waals surface area contributed by atoms with Crippen LogP contribution < -0.4 is 10.6 Å². The van der Waals surface area contributed by atoms with Crippen LogP contribution in [-0.2, 0) is 11.2 Å². The Bertz CT molecular complexity index is 1190. The number of nitrogens with one attached hydrogen (secondary N) is 2. The fourth-order valence-corrected chi connectivity index (χ4v) is 3.82. The second-order valence-corrected chi connectivity index (χ2v) is 7.81. The molecule has 1 heterocycles. The van der Waals surface area contributed by atoms with Gasteiger partial charge >= 0.3 is 12.0 Å². The molecule has 2 amide bonds. The summed E-state index contributed by atoms with van der Waals surface area (Å²) in [4.78, 5) is 44.4. The van der Waals surface area contributed by atoms with Crippen molar-refractivity contribution < 1.29 is 19.5 Å². The van der Waals surface area contributed by atoms with Crippen LogP contribution in [0.1, 0.15) is 34.3 Å². The van der Waals surface area contributed by atoms with Gasteiger partial charge in [-0.3, -0.25) is 9.59 Å². The Morgan fingerprint density at radius 1 is 1.06 bits per heavy atom. The van der Waals surface area contributed by atoms with Crippen LogP contribution >= 0.6 is 0 Å². The van der Waals surface area contributed by atoms with E-state index in [4.69, 9.17) is 5.11 Å². The third-order valence-corrected chi connectivity index (χ3v) is 5.37. The van der Waals surface area contributed by atoms with Crippen LogP contribution in [0.25, 0.3) is 11.4 Å². The highest BCUT2D eigenvalue weighted by Gasteiger charge is 2.29. The summed E-state index contributed by atoms with van der Waals surface area (Å²) >= 11 is 0. The summed E-state index contributed by atoms with van der Waals surface area (Å²) in [7, 11) is 0.